The summed E-state index contributed by atoms with van der Waals surface area (Å²) in [7, 11) is 2.29. The van der Waals surface area contributed by atoms with Crippen molar-refractivity contribution in [3.8, 4) is 0 Å². The molecule has 28 heavy (non-hydrogen) atoms. The molecular weight excluding hydrogens is 370 g/mol. The molecule has 1 rings (SSSR count). The number of ether oxygens (including phenoxy) is 3. The second-order valence-corrected chi connectivity index (χ2v) is 5.81. The molecule has 152 valence electrons. The lowest BCUT2D eigenvalue weighted by atomic mass is 10.1. The Bertz CT molecular complexity index is 759. The predicted octanol–water partition coefficient (Wildman–Crippen LogP) is 1.36. The van der Waals surface area contributed by atoms with Gasteiger partial charge in [0.1, 0.15) is 5.70 Å². The number of anilines is 1. The molecule has 0 aromatic heterocycles. The first-order valence-corrected chi connectivity index (χ1v) is 8.25. The highest BCUT2D eigenvalue weighted by Gasteiger charge is 2.17. The number of hydrazine groups is 1. The molecule has 0 heterocycles. The molecule has 10 nitrogen and oxygen atoms in total. The van der Waals surface area contributed by atoms with Gasteiger partial charge < -0.3 is 19.5 Å². The summed E-state index contributed by atoms with van der Waals surface area (Å²) in [5.74, 6) is -2.16. The Morgan fingerprint density at radius 1 is 1.04 bits per heavy atom. The van der Waals surface area contributed by atoms with Crippen molar-refractivity contribution in [1.82, 2.24) is 10.9 Å². The van der Waals surface area contributed by atoms with Gasteiger partial charge in [0, 0.05) is 0 Å². The highest BCUT2D eigenvalue weighted by molar-refractivity contribution is 6.03. The molecule has 0 saturated heterocycles. The lowest BCUT2D eigenvalue weighted by Crippen LogP contribution is -2.42. The van der Waals surface area contributed by atoms with Gasteiger partial charge in [0.25, 0.3) is 5.91 Å². The average Bonchev–Trinajstić information content (AvgIpc) is 2.69. The van der Waals surface area contributed by atoms with E-state index in [-0.39, 0.29) is 29.5 Å². The number of amides is 2. The van der Waals surface area contributed by atoms with Crippen LogP contribution >= 0.6 is 0 Å². The van der Waals surface area contributed by atoms with Gasteiger partial charge in [0.2, 0.25) is 0 Å². The van der Waals surface area contributed by atoms with Crippen LogP contribution in [0.25, 0.3) is 0 Å². The second-order valence-electron chi connectivity index (χ2n) is 5.81. The zero-order valence-corrected chi connectivity index (χ0v) is 16.0. The number of para-hydroxylation sites is 1. The van der Waals surface area contributed by atoms with Crippen molar-refractivity contribution in [2.75, 3.05) is 26.1 Å². The van der Waals surface area contributed by atoms with Crippen LogP contribution in [-0.2, 0) is 23.8 Å². The van der Waals surface area contributed by atoms with E-state index < -0.39 is 23.9 Å². The van der Waals surface area contributed by atoms with Gasteiger partial charge >= 0.3 is 18.0 Å². The fraction of sp³-hybridized carbons (Fsp3) is 0.333. The maximum atomic E-state index is 12.4. The summed E-state index contributed by atoms with van der Waals surface area (Å²) in [4.78, 5) is 47.2. The summed E-state index contributed by atoms with van der Waals surface area (Å²) >= 11 is 0. The molecule has 0 bridgehead atoms. The van der Waals surface area contributed by atoms with Gasteiger partial charge in [-0.25, -0.2) is 19.8 Å². The van der Waals surface area contributed by atoms with E-state index in [0.29, 0.717) is 0 Å². The van der Waals surface area contributed by atoms with Crippen molar-refractivity contribution < 1.29 is 33.4 Å². The minimum atomic E-state index is -0.837. The van der Waals surface area contributed by atoms with Crippen LogP contribution in [0.3, 0.4) is 0 Å². The zero-order valence-electron chi connectivity index (χ0n) is 16.0. The predicted molar refractivity (Wildman–Crippen MR) is 99.0 cm³/mol. The third kappa shape index (κ3) is 7.36. The maximum Gasteiger partial charge on any atom is 0.426 e. The van der Waals surface area contributed by atoms with Crippen LogP contribution < -0.4 is 16.2 Å². The number of rotatable bonds is 7. The summed E-state index contributed by atoms with van der Waals surface area (Å²) in [6.07, 6.45) is 0.0792. The van der Waals surface area contributed by atoms with Gasteiger partial charge in [0.05, 0.1) is 38.2 Å². The Balaban J connectivity index is 2.92. The summed E-state index contributed by atoms with van der Waals surface area (Å²) in [5, 5.41) is 2.65. The van der Waals surface area contributed by atoms with Gasteiger partial charge in [-0.05, 0) is 18.1 Å². The summed E-state index contributed by atoms with van der Waals surface area (Å²) in [5.41, 5.74) is 4.37. The number of hydrogen-bond donors (Lipinski definition) is 3. The van der Waals surface area contributed by atoms with Crippen LogP contribution in [0.2, 0.25) is 0 Å². The largest absolute Gasteiger partial charge is 0.466 e. The molecule has 0 unspecified atom stereocenters. The number of methoxy groups -OCH3 is 2. The molecule has 0 aliphatic carbocycles. The van der Waals surface area contributed by atoms with Crippen LogP contribution in [0.15, 0.2) is 36.0 Å². The van der Waals surface area contributed by atoms with E-state index in [1.54, 1.807) is 12.1 Å². The molecule has 10 heteroatoms. The first-order valence-electron chi connectivity index (χ1n) is 8.25. The Labute approximate surface area is 162 Å². The van der Waals surface area contributed by atoms with Gasteiger partial charge in [-0.2, -0.15) is 0 Å². The molecule has 0 aliphatic rings. The summed E-state index contributed by atoms with van der Waals surface area (Å²) in [6, 6.07) is 6.14. The Kier molecular flexibility index (Phi) is 9.01. The lowest BCUT2D eigenvalue weighted by molar-refractivity contribution is -0.138. The topological polar surface area (TPSA) is 132 Å². The fourth-order valence-corrected chi connectivity index (χ4v) is 1.82. The number of carbonyl (C=O) groups excluding carboxylic acids is 4. The molecular formula is C18H23N3O7. The summed E-state index contributed by atoms with van der Waals surface area (Å²) in [6.45, 7) is 3.93. The SMILES string of the molecule is COC(=O)/C=C(/Nc1ccccc1C(=O)NNC(=O)OCC(C)C)C(=O)OC. The molecule has 0 radical (unpaired) electrons. The van der Waals surface area contributed by atoms with E-state index in [1.807, 2.05) is 13.8 Å². The minimum absolute atomic E-state index is 0.0892. The first-order chi connectivity index (χ1) is 13.3. The van der Waals surface area contributed by atoms with Gasteiger partial charge in [-0.15, -0.1) is 0 Å². The Morgan fingerprint density at radius 3 is 2.32 bits per heavy atom. The van der Waals surface area contributed by atoms with Gasteiger partial charge in [-0.1, -0.05) is 26.0 Å². The van der Waals surface area contributed by atoms with E-state index in [1.165, 1.54) is 12.1 Å². The monoisotopic (exact) mass is 393 g/mol. The maximum absolute atomic E-state index is 12.4. The molecule has 0 aliphatic heterocycles. The van der Waals surface area contributed by atoms with E-state index in [2.05, 4.69) is 25.6 Å². The molecule has 2 amide bonds. The van der Waals surface area contributed by atoms with Crippen molar-refractivity contribution in [2.24, 2.45) is 5.92 Å². The van der Waals surface area contributed by atoms with Crippen molar-refractivity contribution in [3.05, 3.63) is 41.6 Å². The third-order valence-electron chi connectivity index (χ3n) is 3.14. The Hall–Kier alpha value is -3.56. The van der Waals surface area contributed by atoms with Crippen molar-refractivity contribution in [1.29, 1.82) is 0 Å². The van der Waals surface area contributed by atoms with Crippen LogP contribution in [0.5, 0.6) is 0 Å². The number of esters is 2. The number of benzene rings is 1. The van der Waals surface area contributed by atoms with Crippen molar-refractivity contribution >= 4 is 29.6 Å². The van der Waals surface area contributed by atoms with Gasteiger partial charge in [0.15, 0.2) is 0 Å². The van der Waals surface area contributed by atoms with E-state index in [0.717, 1.165) is 20.3 Å². The number of nitrogens with one attached hydrogen (secondary N) is 3. The number of carbonyl (C=O) groups is 4. The van der Waals surface area contributed by atoms with E-state index in [4.69, 9.17) is 4.74 Å². The van der Waals surface area contributed by atoms with Crippen molar-refractivity contribution in [3.63, 3.8) is 0 Å². The normalized spacial score (nSPS) is 10.7. The molecule has 1 aromatic carbocycles. The van der Waals surface area contributed by atoms with Crippen LogP contribution in [0.4, 0.5) is 10.5 Å². The Morgan fingerprint density at radius 2 is 1.71 bits per heavy atom. The average molecular weight is 393 g/mol. The quantitative estimate of drug-likeness (QED) is 0.274. The highest BCUT2D eigenvalue weighted by atomic mass is 16.6. The fourth-order valence-electron chi connectivity index (χ4n) is 1.82. The molecule has 0 saturated carbocycles. The highest BCUT2D eigenvalue weighted by Crippen LogP contribution is 2.17. The van der Waals surface area contributed by atoms with Gasteiger partial charge in [-0.3, -0.25) is 10.2 Å². The van der Waals surface area contributed by atoms with Crippen molar-refractivity contribution in [2.45, 2.75) is 13.8 Å². The first kappa shape index (κ1) is 22.5. The van der Waals surface area contributed by atoms with E-state index in [9.17, 15) is 19.2 Å². The summed E-state index contributed by atoms with van der Waals surface area (Å²) < 4.78 is 14.0. The van der Waals surface area contributed by atoms with Crippen LogP contribution in [0.1, 0.15) is 24.2 Å². The molecule has 3 N–H and O–H groups in total. The third-order valence-corrected chi connectivity index (χ3v) is 3.14. The zero-order chi connectivity index (χ0) is 21.1. The molecule has 0 atom stereocenters. The van der Waals surface area contributed by atoms with Crippen LogP contribution in [-0.4, -0.2) is 44.8 Å². The lowest BCUT2D eigenvalue weighted by Gasteiger charge is -2.14. The molecule has 0 fully saturated rings. The standard InChI is InChI=1S/C18H23N3O7/c1-11(2)10-28-18(25)21-20-16(23)12-7-5-6-8-13(12)19-14(17(24)27-4)9-15(22)26-3/h5-9,11,19H,10H2,1-4H3,(H,20,23)(H,21,25)/b14-9+. The number of hydrogen-bond acceptors (Lipinski definition) is 8. The molecule has 0 spiro atoms. The minimum Gasteiger partial charge on any atom is -0.466 e. The second kappa shape index (κ2) is 11.2. The smallest absolute Gasteiger partial charge is 0.426 e. The van der Waals surface area contributed by atoms with Crippen LogP contribution in [0, 0.1) is 5.92 Å². The molecule has 1 aromatic rings. The van der Waals surface area contributed by atoms with E-state index >= 15 is 0 Å².